The van der Waals surface area contributed by atoms with E-state index in [0.29, 0.717) is 0 Å². The number of nitrogens with one attached hydrogen (secondary N) is 1. The molecule has 0 aliphatic rings. The Bertz CT molecular complexity index is 287. The van der Waals surface area contributed by atoms with E-state index >= 15 is 0 Å². The lowest BCUT2D eigenvalue weighted by atomic mass is 10.2. The Morgan fingerprint density at radius 2 is 2.14 bits per heavy atom. The van der Waals surface area contributed by atoms with Gasteiger partial charge in [-0.15, -0.1) is 0 Å². The van der Waals surface area contributed by atoms with Crippen LogP contribution in [-0.4, -0.2) is 13.1 Å². The van der Waals surface area contributed by atoms with Crippen molar-refractivity contribution in [1.82, 2.24) is 0 Å². The van der Waals surface area contributed by atoms with Crippen LogP contribution in [0.2, 0.25) is 0 Å². The Balaban J connectivity index is 2.45. The third-order valence-electron chi connectivity index (χ3n) is 2.15. The molecule has 2 nitrogen and oxygen atoms in total. The van der Waals surface area contributed by atoms with E-state index in [0.717, 1.165) is 30.4 Å². The average Bonchev–Trinajstić information content (AvgIpc) is 2.18. The van der Waals surface area contributed by atoms with Crippen molar-refractivity contribution in [2.45, 2.75) is 19.8 Å². The lowest BCUT2D eigenvalue weighted by molar-refractivity contribution is 0.774. The van der Waals surface area contributed by atoms with Crippen molar-refractivity contribution >= 4 is 21.6 Å². The largest absolute Gasteiger partial charge is 0.385 e. The van der Waals surface area contributed by atoms with Gasteiger partial charge in [0.2, 0.25) is 0 Å². The highest BCUT2D eigenvalue weighted by molar-refractivity contribution is 9.10. The molecule has 0 aliphatic carbocycles. The molecule has 0 spiro atoms. The van der Waals surface area contributed by atoms with Gasteiger partial charge in [0.15, 0.2) is 0 Å². The number of aryl methyl sites for hydroxylation is 1. The quantitative estimate of drug-likeness (QED) is 0.796. The molecular formula is C11H17BrN2. The minimum Gasteiger partial charge on any atom is -0.385 e. The first-order chi connectivity index (χ1) is 6.74. The van der Waals surface area contributed by atoms with E-state index < -0.39 is 0 Å². The molecule has 0 radical (unpaired) electrons. The van der Waals surface area contributed by atoms with Crippen LogP contribution >= 0.6 is 15.9 Å². The summed E-state index contributed by atoms with van der Waals surface area (Å²) in [4.78, 5) is 0. The number of rotatable bonds is 5. The zero-order valence-electron chi connectivity index (χ0n) is 8.52. The van der Waals surface area contributed by atoms with Gasteiger partial charge in [0, 0.05) is 16.7 Å². The Labute approximate surface area is 94.0 Å². The van der Waals surface area contributed by atoms with Crippen molar-refractivity contribution in [2.24, 2.45) is 5.73 Å². The minimum atomic E-state index is 0.777. The zero-order chi connectivity index (χ0) is 10.4. The van der Waals surface area contributed by atoms with Gasteiger partial charge < -0.3 is 11.1 Å². The molecule has 0 saturated heterocycles. The fraction of sp³-hybridized carbons (Fsp3) is 0.455. The van der Waals surface area contributed by atoms with Crippen LogP contribution in [0.15, 0.2) is 22.7 Å². The maximum absolute atomic E-state index is 5.43. The Morgan fingerprint density at radius 3 is 2.86 bits per heavy atom. The molecule has 0 aromatic heterocycles. The summed E-state index contributed by atoms with van der Waals surface area (Å²) in [6, 6.07) is 6.27. The molecule has 1 aromatic carbocycles. The molecule has 1 rings (SSSR count). The normalized spacial score (nSPS) is 10.2. The fourth-order valence-corrected chi connectivity index (χ4v) is 1.64. The first-order valence-corrected chi connectivity index (χ1v) is 5.73. The topological polar surface area (TPSA) is 38.0 Å². The molecule has 0 amide bonds. The number of halogens is 1. The third kappa shape index (κ3) is 3.68. The minimum absolute atomic E-state index is 0.777. The number of unbranched alkanes of at least 4 members (excludes halogenated alkanes) is 1. The molecule has 78 valence electrons. The molecule has 0 atom stereocenters. The van der Waals surface area contributed by atoms with Gasteiger partial charge >= 0.3 is 0 Å². The molecule has 3 heteroatoms. The summed E-state index contributed by atoms with van der Waals surface area (Å²) in [5, 5.41) is 3.40. The number of hydrogen-bond acceptors (Lipinski definition) is 2. The highest BCUT2D eigenvalue weighted by Gasteiger charge is 1.97. The van der Waals surface area contributed by atoms with E-state index in [9.17, 15) is 0 Å². The summed E-state index contributed by atoms with van der Waals surface area (Å²) in [5.41, 5.74) is 7.91. The van der Waals surface area contributed by atoms with Gasteiger partial charge in [-0.2, -0.15) is 0 Å². The molecule has 0 fully saturated rings. The van der Waals surface area contributed by atoms with Crippen molar-refractivity contribution < 1.29 is 0 Å². The standard InChI is InChI=1S/C11H17BrN2/c1-9-4-5-10(12)8-11(9)14-7-3-2-6-13/h4-5,8,14H,2-3,6-7,13H2,1H3. The second kappa shape index (κ2) is 6.04. The van der Waals surface area contributed by atoms with Gasteiger partial charge in [0.1, 0.15) is 0 Å². The summed E-state index contributed by atoms with van der Waals surface area (Å²) in [7, 11) is 0. The number of hydrogen-bond donors (Lipinski definition) is 2. The molecule has 0 aliphatic heterocycles. The van der Waals surface area contributed by atoms with E-state index in [4.69, 9.17) is 5.73 Å². The van der Waals surface area contributed by atoms with Crippen LogP contribution in [0, 0.1) is 6.92 Å². The first-order valence-electron chi connectivity index (χ1n) is 4.94. The predicted molar refractivity (Wildman–Crippen MR) is 65.7 cm³/mol. The van der Waals surface area contributed by atoms with E-state index in [1.54, 1.807) is 0 Å². The molecule has 1 aromatic rings. The van der Waals surface area contributed by atoms with Crippen molar-refractivity contribution in [3.63, 3.8) is 0 Å². The Kier molecular flexibility index (Phi) is 4.98. The monoisotopic (exact) mass is 256 g/mol. The average molecular weight is 257 g/mol. The van der Waals surface area contributed by atoms with E-state index in [1.165, 1.54) is 11.3 Å². The summed E-state index contributed by atoms with van der Waals surface area (Å²) < 4.78 is 1.12. The van der Waals surface area contributed by atoms with Crippen LogP contribution in [0.1, 0.15) is 18.4 Å². The summed E-state index contributed by atoms with van der Waals surface area (Å²) >= 11 is 3.46. The van der Waals surface area contributed by atoms with Crippen LogP contribution in [-0.2, 0) is 0 Å². The van der Waals surface area contributed by atoms with Gasteiger partial charge in [-0.25, -0.2) is 0 Å². The highest BCUT2D eigenvalue weighted by Crippen LogP contribution is 2.20. The molecule has 0 bridgehead atoms. The molecule has 0 saturated carbocycles. The number of nitrogens with two attached hydrogens (primary N) is 1. The highest BCUT2D eigenvalue weighted by atomic mass is 79.9. The smallest absolute Gasteiger partial charge is 0.0381 e. The summed E-state index contributed by atoms with van der Waals surface area (Å²) in [5.74, 6) is 0. The van der Waals surface area contributed by atoms with Gasteiger partial charge in [0.25, 0.3) is 0 Å². The van der Waals surface area contributed by atoms with Crippen LogP contribution in [0.4, 0.5) is 5.69 Å². The van der Waals surface area contributed by atoms with Crippen molar-refractivity contribution in [1.29, 1.82) is 0 Å². The second-order valence-corrected chi connectivity index (χ2v) is 4.30. The molecule has 14 heavy (non-hydrogen) atoms. The second-order valence-electron chi connectivity index (χ2n) is 3.38. The molecule has 0 unspecified atom stereocenters. The van der Waals surface area contributed by atoms with E-state index in [-0.39, 0.29) is 0 Å². The van der Waals surface area contributed by atoms with Gasteiger partial charge in [-0.1, -0.05) is 22.0 Å². The molecule has 3 N–H and O–H groups in total. The van der Waals surface area contributed by atoms with Crippen LogP contribution in [0.3, 0.4) is 0 Å². The lowest BCUT2D eigenvalue weighted by Crippen LogP contribution is -2.06. The van der Waals surface area contributed by atoms with Gasteiger partial charge in [-0.3, -0.25) is 0 Å². The Hall–Kier alpha value is -0.540. The predicted octanol–water partition coefficient (Wildman–Crippen LogP) is 2.91. The summed E-state index contributed by atoms with van der Waals surface area (Å²) in [6.45, 7) is 3.88. The van der Waals surface area contributed by atoms with E-state index in [1.807, 2.05) is 0 Å². The zero-order valence-corrected chi connectivity index (χ0v) is 10.1. The van der Waals surface area contributed by atoms with Crippen molar-refractivity contribution in [3.8, 4) is 0 Å². The molecule has 0 heterocycles. The third-order valence-corrected chi connectivity index (χ3v) is 2.64. The van der Waals surface area contributed by atoms with Crippen LogP contribution in [0.25, 0.3) is 0 Å². The van der Waals surface area contributed by atoms with E-state index in [2.05, 4.69) is 46.4 Å². The van der Waals surface area contributed by atoms with Gasteiger partial charge in [0.05, 0.1) is 0 Å². The fourth-order valence-electron chi connectivity index (χ4n) is 1.28. The van der Waals surface area contributed by atoms with Crippen LogP contribution < -0.4 is 11.1 Å². The van der Waals surface area contributed by atoms with Crippen LogP contribution in [0.5, 0.6) is 0 Å². The maximum atomic E-state index is 5.43. The Morgan fingerprint density at radius 1 is 1.36 bits per heavy atom. The lowest BCUT2D eigenvalue weighted by Gasteiger charge is -2.09. The summed E-state index contributed by atoms with van der Waals surface area (Å²) in [6.07, 6.45) is 2.21. The number of benzene rings is 1. The maximum Gasteiger partial charge on any atom is 0.0381 e. The molecular weight excluding hydrogens is 240 g/mol. The SMILES string of the molecule is Cc1ccc(Br)cc1NCCCCN. The number of anilines is 1. The van der Waals surface area contributed by atoms with Crippen molar-refractivity contribution in [2.75, 3.05) is 18.4 Å². The first kappa shape index (κ1) is 11.5. The van der Waals surface area contributed by atoms with Gasteiger partial charge in [-0.05, 0) is 44.0 Å². The van der Waals surface area contributed by atoms with Crippen molar-refractivity contribution in [3.05, 3.63) is 28.2 Å².